The number of primary amides is 1. The Kier molecular flexibility index (Phi) is 5.07. The molecule has 1 aromatic carbocycles. The number of likely N-dealkylation sites (tertiary alicyclic amines) is 1. The fourth-order valence-corrected chi connectivity index (χ4v) is 3.64. The molecule has 6 nitrogen and oxygen atoms in total. The maximum absolute atomic E-state index is 11.6. The Labute approximate surface area is 159 Å². The van der Waals surface area contributed by atoms with Crippen LogP contribution in [0.15, 0.2) is 48.8 Å². The molecule has 3 heterocycles. The van der Waals surface area contributed by atoms with Crippen molar-refractivity contribution in [2.75, 3.05) is 31.5 Å². The van der Waals surface area contributed by atoms with Gasteiger partial charge in [-0.15, -0.1) is 0 Å². The SMILES string of the molecule is NC(=O)c1cccn2cc(-c3ccc(NCCCN4CCCC4)cc3)nc12. The molecule has 0 saturated carbocycles. The van der Waals surface area contributed by atoms with E-state index in [-0.39, 0.29) is 0 Å². The number of anilines is 1. The summed E-state index contributed by atoms with van der Waals surface area (Å²) in [6.45, 7) is 4.66. The molecule has 0 aliphatic carbocycles. The molecule has 0 bridgehead atoms. The maximum Gasteiger partial charge on any atom is 0.252 e. The van der Waals surface area contributed by atoms with Gasteiger partial charge in [0.1, 0.15) is 5.65 Å². The predicted octanol–water partition coefficient (Wildman–Crippen LogP) is 3.00. The van der Waals surface area contributed by atoms with E-state index in [1.54, 1.807) is 12.1 Å². The first-order valence-electron chi connectivity index (χ1n) is 9.55. The van der Waals surface area contributed by atoms with Gasteiger partial charge in [-0.05, 0) is 63.2 Å². The van der Waals surface area contributed by atoms with Crippen molar-refractivity contribution in [2.24, 2.45) is 5.73 Å². The van der Waals surface area contributed by atoms with Crippen molar-refractivity contribution in [3.05, 3.63) is 54.4 Å². The molecule has 0 atom stereocenters. The lowest BCUT2D eigenvalue weighted by Gasteiger charge is -2.14. The van der Waals surface area contributed by atoms with Crippen LogP contribution in [0.2, 0.25) is 0 Å². The van der Waals surface area contributed by atoms with Gasteiger partial charge < -0.3 is 20.4 Å². The second kappa shape index (κ2) is 7.80. The summed E-state index contributed by atoms with van der Waals surface area (Å²) in [5.74, 6) is -0.466. The van der Waals surface area contributed by atoms with Gasteiger partial charge in [-0.25, -0.2) is 4.98 Å². The number of nitrogens with zero attached hydrogens (tertiary/aromatic N) is 3. The van der Waals surface area contributed by atoms with E-state index in [1.165, 1.54) is 32.5 Å². The third-order valence-electron chi connectivity index (χ3n) is 5.11. The third kappa shape index (κ3) is 3.95. The zero-order valence-corrected chi connectivity index (χ0v) is 15.4. The highest BCUT2D eigenvalue weighted by molar-refractivity contribution is 5.98. The lowest BCUT2D eigenvalue weighted by atomic mass is 10.1. The summed E-state index contributed by atoms with van der Waals surface area (Å²) in [6, 6.07) is 11.7. The zero-order chi connectivity index (χ0) is 18.6. The molecule has 1 aliphatic rings. The average Bonchev–Trinajstić information content (AvgIpc) is 3.34. The summed E-state index contributed by atoms with van der Waals surface area (Å²) < 4.78 is 1.83. The van der Waals surface area contributed by atoms with Gasteiger partial charge in [-0.1, -0.05) is 12.1 Å². The second-order valence-corrected chi connectivity index (χ2v) is 7.05. The van der Waals surface area contributed by atoms with Crippen LogP contribution in [0.25, 0.3) is 16.9 Å². The smallest absolute Gasteiger partial charge is 0.252 e. The summed E-state index contributed by atoms with van der Waals surface area (Å²) in [6.07, 6.45) is 7.64. The van der Waals surface area contributed by atoms with Gasteiger partial charge in [0.15, 0.2) is 0 Å². The Morgan fingerprint density at radius 1 is 1.15 bits per heavy atom. The standard InChI is InChI=1S/C21H25N5O/c22-20(27)18-5-3-14-26-15-19(24-21(18)26)16-6-8-17(9-7-16)23-10-4-13-25-11-1-2-12-25/h3,5-9,14-15,23H,1-2,4,10-13H2,(H2,22,27). The Bertz CT molecular complexity index is 925. The van der Waals surface area contributed by atoms with Gasteiger partial charge in [0, 0.05) is 30.2 Å². The predicted molar refractivity (Wildman–Crippen MR) is 108 cm³/mol. The molecule has 2 aromatic heterocycles. The van der Waals surface area contributed by atoms with Crippen molar-refractivity contribution in [2.45, 2.75) is 19.3 Å². The van der Waals surface area contributed by atoms with Crippen molar-refractivity contribution in [3.63, 3.8) is 0 Å². The first-order chi connectivity index (χ1) is 13.2. The molecule has 140 valence electrons. The first kappa shape index (κ1) is 17.5. The van der Waals surface area contributed by atoms with Gasteiger partial charge in [0.25, 0.3) is 5.91 Å². The molecule has 0 radical (unpaired) electrons. The third-order valence-corrected chi connectivity index (χ3v) is 5.11. The van der Waals surface area contributed by atoms with E-state index in [9.17, 15) is 4.79 Å². The van der Waals surface area contributed by atoms with Gasteiger partial charge in [-0.3, -0.25) is 4.79 Å². The average molecular weight is 363 g/mol. The van der Waals surface area contributed by atoms with E-state index < -0.39 is 5.91 Å². The highest BCUT2D eigenvalue weighted by Gasteiger charge is 2.12. The van der Waals surface area contributed by atoms with E-state index in [2.05, 4.69) is 39.5 Å². The van der Waals surface area contributed by atoms with Gasteiger partial charge in [-0.2, -0.15) is 0 Å². The normalized spacial score (nSPS) is 14.7. The molecule has 1 fully saturated rings. The number of nitrogens with two attached hydrogens (primary N) is 1. The van der Waals surface area contributed by atoms with Crippen LogP contribution in [0.1, 0.15) is 29.6 Å². The zero-order valence-electron chi connectivity index (χ0n) is 15.4. The molecule has 1 amide bonds. The van der Waals surface area contributed by atoms with Crippen LogP contribution in [0.5, 0.6) is 0 Å². The lowest BCUT2D eigenvalue weighted by Crippen LogP contribution is -2.22. The minimum absolute atomic E-state index is 0.431. The van der Waals surface area contributed by atoms with Crippen molar-refractivity contribution in [3.8, 4) is 11.3 Å². The molecule has 0 spiro atoms. The number of benzene rings is 1. The fraction of sp³-hybridized carbons (Fsp3) is 0.333. The number of imidazole rings is 1. The molecular formula is C21H25N5O. The van der Waals surface area contributed by atoms with E-state index in [0.717, 1.165) is 29.9 Å². The van der Waals surface area contributed by atoms with E-state index in [4.69, 9.17) is 5.73 Å². The van der Waals surface area contributed by atoms with E-state index in [1.807, 2.05) is 16.8 Å². The Morgan fingerprint density at radius 2 is 1.93 bits per heavy atom. The van der Waals surface area contributed by atoms with Gasteiger partial charge in [0.2, 0.25) is 0 Å². The minimum atomic E-state index is -0.466. The molecule has 3 N–H and O–H groups in total. The number of fused-ring (bicyclic) bond motifs is 1. The summed E-state index contributed by atoms with van der Waals surface area (Å²) in [5.41, 5.74) is 9.41. The van der Waals surface area contributed by atoms with E-state index >= 15 is 0 Å². The van der Waals surface area contributed by atoms with Crippen molar-refractivity contribution in [1.82, 2.24) is 14.3 Å². The van der Waals surface area contributed by atoms with Crippen LogP contribution < -0.4 is 11.1 Å². The Hall–Kier alpha value is -2.86. The van der Waals surface area contributed by atoms with Crippen molar-refractivity contribution >= 4 is 17.2 Å². The number of nitrogens with one attached hydrogen (secondary N) is 1. The Morgan fingerprint density at radius 3 is 2.67 bits per heavy atom. The highest BCUT2D eigenvalue weighted by atomic mass is 16.1. The summed E-state index contributed by atoms with van der Waals surface area (Å²) in [7, 11) is 0. The number of carbonyl (C=O) groups is 1. The summed E-state index contributed by atoms with van der Waals surface area (Å²) in [5, 5.41) is 3.48. The first-order valence-corrected chi connectivity index (χ1v) is 9.55. The number of aromatic nitrogens is 2. The van der Waals surface area contributed by atoms with E-state index in [0.29, 0.717) is 11.2 Å². The van der Waals surface area contributed by atoms with Gasteiger partial charge in [0.05, 0.1) is 11.3 Å². The van der Waals surface area contributed by atoms with Crippen LogP contribution >= 0.6 is 0 Å². The lowest BCUT2D eigenvalue weighted by molar-refractivity contribution is 0.100. The quantitative estimate of drug-likeness (QED) is 0.633. The van der Waals surface area contributed by atoms with Crippen LogP contribution in [-0.2, 0) is 0 Å². The number of rotatable bonds is 7. The number of carbonyl (C=O) groups excluding carboxylic acids is 1. The maximum atomic E-state index is 11.6. The monoisotopic (exact) mass is 363 g/mol. The van der Waals surface area contributed by atoms with Gasteiger partial charge >= 0.3 is 0 Å². The molecule has 6 heteroatoms. The largest absolute Gasteiger partial charge is 0.385 e. The second-order valence-electron chi connectivity index (χ2n) is 7.05. The van der Waals surface area contributed by atoms with Crippen LogP contribution in [-0.4, -0.2) is 46.4 Å². The van der Waals surface area contributed by atoms with Crippen LogP contribution in [0, 0.1) is 0 Å². The number of pyridine rings is 1. The van der Waals surface area contributed by atoms with Crippen molar-refractivity contribution in [1.29, 1.82) is 0 Å². The molecular weight excluding hydrogens is 338 g/mol. The Balaban J connectivity index is 1.40. The topological polar surface area (TPSA) is 75.7 Å². The fourth-order valence-electron chi connectivity index (χ4n) is 3.64. The molecule has 1 aliphatic heterocycles. The number of amides is 1. The molecule has 1 saturated heterocycles. The number of hydrogen-bond donors (Lipinski definition) is 2. The van der Waals surface area contributed by atoms with Crippen LogP contribution in [0.3, 0.4) is 0 Å². The summed E-state index contributed by atoms with van der Waals surface area (Å²) >= 11 is 0. The minimum Gasteiger partial charge on any atom is -0.385 e. The van der Waals surface area contributed by atoms with Crippen molar-refractivity contribution < 1.29 is 4.79 Å². The summed E-state index contributed by atoms with van der Waals surface area (Å²) in [4.78, 5) is 18.7. The molecule has 3 aromatic rings. The molecule has 0 unspecified atom stereocenters. The molecule has 4 rings (SSSR count). The molecule has 27 heavy (non-hydrogen) atoms. The number of hydrogen-bond acceptors (Lipinski definition) is 4. The van der Waals surface area contributed by atoms with Crippen LogP contribution in [0.4, 0.5) is 5.69 Å². The highest BCUT2D eigenvalue weighted by Crippen LogP contribution is 2.22.